The van der Waals surface area contributed by atoms with Gasteiger partial charge in [0.1, 0.15) is 0 Å². The first kappa shape index (κ1) is 14.2. The monoisotopic (exact) mass is 298 g/mol. The van der Waals surface area contributed by atoms with Crippen LogP contribution in [-0.2, 0) is 29.1 Å². The summed E-state index contributed by atoms with van der Waals surface area (Å²) in [5.74, 6) is 0.564. The van der Waals surface area contributed by atoms with Crippen molar-refractivity contribution < 1.29 is 26.3 Å². The maximum Gasteiger partial charge on any atom is 0.152 e. The van der Waals surface area contributed by atoms with Crippen molar-refractivity contribution in [2.75, 3.05) is 36.2 Å². The van der Waals surface area contributed by atoms with Gasteiger partial charge in [0.15, 0.2) is 19.7 Å². The SMILES string of the molecule is O=S1(=O)CCC(OCCOC2CCS(=O)(=O)C2)C1. The summed E-state index contributed by atoms with van der Waals surface area (Å²) in [4.78, 5) is 0. The molecule has 8 heteroatoms. The fraction of sp³-hybridized carbons (Fsp3) is 1.00. The molecule has 2 fully saturated rings. The minimum absolute atomic E-state index is 0.0881. The van der Waals surface area contributed by atoms with Crippen LogP contribution in [0.3, 0.4) is 0 Å². The van der Waals surface area contributed by atoms with Crippen molar-refractivity contribution in [3.05, 3.63) is 0 Å². The van der Waals surface area contributed by atoms with E-state index in [9.17, 15) is 16.8 Å². The molecule has 6 nitrogen and oxygen atoms in total. The van der Waals surface area contributed by atoms with Crippen molar-refractivity contribution in [2.24, 2.45) is 0 Å². The van der Waals surface area contributed by atoms with Crippen LogP contribution < -0.4 is 0 Å². The molecule has 2 aliphatic heterocycles. The van der Waals surface area contributed by atoms with E-state index in [1.54, 1.807) is 0 Å². The highest BCUT2D eigenvalue weighted by atomic mass is 32.2. The molecule has 0 amide bonds. The largest absolute Gasteiger partial charge is 0.375 e. The summed E-state index contributed by atoms with van der Waals surface area (Å²) < 4.78 is 55.5. The summed E-state index contributed by atoms with van der Waals surface area (Å²) in [5.41, 5.74) is 0. The zero-order valence-electron chi connectivity index (χ0n) is 10.1. The van der Waals surface area contributed by atoms with Gasteiger partial charge in [-0.25, -0.2) is 16.8 Å². The average Bonchev–Trinajstić information content (AvgIpc) is 2.76. The molecule has 0 bridgehead atoms. The topological polar surface area (TPSA) is 86.7 Å². The lowest BCUT2D eigenvalue weighted by atomic mass is 10.3. The van der Waals surface area contributed by atoms with Gasteiger partial charge in [-0.05, 0) is 12.8 Å². The van der Waals surface area contributed by atoms with Crippen LogP contribution in [0.25, 0.3) is 0 Å². The van der Waals surface area contributed by atoms with Crippen LogP contribution in [0.15, 0.2) is 0 Å². The summed E-state index contributed by atoms with van der Waals surface area (Å²) >= 11 is 0. The van der Waals surface area contributed by atoms with Gasteiger partial charge >= 0.3 is 0 Å². The quantitative estimate of drug-likeness (QED) is 0.630. The van der Waals surface area contributed by atoms with E-state index in [-0.39, 0.29) is 35.2 Å². The lowest BCUT2D eigenvalue weighted by Crippen LogP contribution is -2.21. The predicted octanol–water partition coefficient (Wildman–Crippen LogP) is -0.606. The van der Waals surface area contributed by atoms with Gasteiger partial charge in [0, 0.05) is 0 Å². The van der Waals surface area contributed by atoms with Crippen LogP contribution in [0.1, 0.15) is 12.8 Å². The van der Waals surface area contributed by atoms with Crippen LogP contribution in [0.4, 0.5) is 0 Å². The van der Waals surface area contributed by atoms with Crippen LogP contribution in [0.5, 0.6) is 0 Å². The molecule has 2 heterocycles. The maximum absolute atomic E-state index is 11.2. The number of rotatable bonds is 5. The molecule has 0 radical (unpaired) electrons. The van der Waals surface area contributed by atoms with E-state index in [0.717, 1.165) is 0 Å². The molecule has 0 aliphatic carbocycles. The molecule has 18 heavy (non-hydrogen) atoms. The second-order valence-electron chi connectivity index (χ2n) is 4.79. The Kier molecular flexibility index (Phi) is 4.30. The van der Waals surface area contributed by atoms with E-state index in [1.807, 2.05) is 0 Å². The molecule has 2 atom stereocenters. The van der Waals surface area contributed by atoms with Crippen LogP contribution in [0, 0.1) is 0 Å². The standard InChI is InChI=1S/C10H18O6S2/c11-17(12)5-1-9(7-17)15-3-4-16-10-2-6-18(13,14)8-10/h9-10H,1-8H2. The zero-order valence-corrected chi connectivity index (χ0v) is 11.7. The lowest BCUT2D eigenvalue weighted by molar-refractivity contribution is -0.00721. The molecule has 0 aromatic rings. The smallest absolute Gasteiger partial charge is 0.152 e. The lowest BCUT2D eigenvalue weighted by Gasteiger charge is -2.12. The van der Waals surface area contributed by atoms with E-state index in [4.69, 9.17) is 9.47 Å². The first-order chi connectivity index (χ1) is 8.36. The summed E-state index contributed by atoms with van der Waals surface area (Å²) in [6.07, 6.45) is 0.622. The highest BCUT2D eigenvalue weighted by molar-refractivity contribution is 7.91. The Balaban J connectivity index is 1.60. The predicted molar refractivity (Wildman–Crippen MR) is 66.0 cm³/mol. The van der Waals surface area contributed by atoms with Crippen molar-refractivity contribution in [2.45, 2.75) is 25.0 Å². The van der Waals surface area contributed by atoms with Crippen molar-refractivity contribution in [1.29, 1.82) is 0 Å². The van der Waals surface area contributed by atoms with Gasteiger partial charge in [-0.15, -0.1) is 0 Å². The fourth-order valence-corrected chi connectivity index (χ4v) is 5.45. The second kappa shape index (κ2) is 5.44. The summed E-state index contributed by atoms with van der Waals surface area (Å²) in [5, 5.41) is 0. The Hall–Kier alpha value is -0.180. The van der Waals surface area contributed by atoms with Gasteiger partial charge in [0.25, 0.3) is 0 Å². The highest BCUT2D eigenvalue weighted by Gasteiger charge is 2.30. The van der Waals surface area contributed by atoms with Crippen molar-refractivity contribution in [3.8, 4) is 0 Å². The first-order valence-corrected chi connectivity index (χ1v) is 9.65. The molecule has 0 aromatic heterocycles. The number of hydrogen-bond acceptors (Lipinski definition) is 6. The second-order valence-corrected chi connectivity index (χ2v) is 9.25. The van der Waals surface area contributed by atoms with Crippen molar-refractivity contribution in [3.63, 3.8) is 0 Å². The number of sulfone groups is 2. The molecular weight excluding hydrogens is 280 g/mol. The van der Waals surface area contributed by atoms with E-state index >= 15 is 0 Å². The minimum atomic E-state index is -2.91. The van der Waals surface area contributed by atoms with Gasteiger partial charge in [-0.3, -0.25) is 0 Å². The molecule has 2 unspecified atom stereocenters. The van der Waals surface area contributed by atoms with E-state index in [2.05, 4.69) is 0 Å². The Morgan fingerprint density at radius 2 is 1.17 bits per heavy atom. The summed E-state index contributed by atoms with van der Waals surface area (Å²) in [6.45, 7) is 0.632. The number of ether oxygens (including phenoxy) is 2. The maximum atomic E-state index is 11.2. The van der Waals surface area contributed by atoms with E-state index < -0.39 is 19.7 Å². The Morgan fingerprint density at radius 3 is 1.44 bits per heavy atom. The summed E-state index contributed by atoms with van der Waals surface area (Å²) in [6, 6.07) is 0. The zero-order chi connectivity index (χ0) is 13.2. The van der Waals surface area contributed by atoms with Crippen LogP contribution in [0.2, 0.25) is 0 Å². The van der Waals surface area contributed by atoms with Crippen molar-refractivity contribution in [1.82, 2.24) is 0 Å². The Labute approximate surface area is 107 Å². The van der Waals surface area contributed by atoms with E-state index in [0.29, 0.717) is 26.1 Å². The fourth-order valence-electron chi connectivity index (χ4n) is 2.21. The van der Waals surface area contributed by atoms with Gasteiger partial charge in [-0.2, -0.15) is 0 Å². The molecule has 0 saturated carbocycles. The highest BCUT2D eigenvalue weighted by Crippen LogP contribution is 2.16. The third-order valence-corrected chi connectivity index (χ3v) is 6.65. The van der Waals surface area contributed by atoms with Gasteiger partial charge in [0.05, 0.1) is 48.4 Å². The molecule has 0 N–H and O–H groups in total. The van der Waals surface area contributed by atoms with Gasteiger partial charge in [-0.1, -0.05) is 0 Å². The third kappa shape index (κ3) is 4.18. The normalized spacial score (nSPS) is 33.8. The van der Waals surface area contributed by atoms with Crippen molar-refractivity contribution >= 4 is 19.7 Å². The first-order valence-electron chi connectivity index (χ1n) is 6.00. The third-order valence-electron chi connectivity index (χ3n) is 3.17. The Morgan fingerprint density at radius 1 is 0.778 bits per heavy atom. The van der Waals surface area contributed by atoms with Crippen LogP contribution in [-0.4, -0.2) is 65.3 Å². The molecule has 2 aliphatic rings. The molecule has 106 valence electrons. The van der Waals surface area contributed by atoms with E-state index in [1.165, 1.54) is 0 Å². The number of hydrogen-bond donors (Lipinski definition) is 0. The molecular formula is C10H18O6S2. The molecule has 0 spiro atoms. The molecule has 0 aromatic carbocycles. The average molecular weight is 298 g/mol. The molecule has 2 saturated heterocycles. The Bertz CT molecular complexity index is 434. The van der Waals surface area contributed by atoms with Gasteiger partial charge in [0.2, 0.25) is 0 Å². The minimum Gasteiger partial charge on any atom is -0.375 e. The van der Waals surface area contributed by atoms with Crippen LogP contribution >= 0.6 is 0 Å². The molecule has 2 rings (SSSR count). The van der Waals surface area contributed by atoms with Gasteiger partial charge < -0.3 is 9.47 Å². The summed E-state index contributed by atoms with van der Waals surface area (Å²) in [7, 11) is -5.82.